The Labute approximate surface area is 109 Å². The number of hydrogen-bond donors (Lipinski definition) is 0. The van der Waals surface area contributed by atoms with Gasteiger partial charge in [0.25, 0.3) is 0 Å². The average Bonchev–Trinajstić information content (AvgIpc) is 2.38. The third-order valence-electron chi connectivity index (χ3n) is 3.28. The molecule has 1 aromatic carbocycles. The highest BCUT2D eigenvalue weighted by Gasteiger charge is 2.22. The molecule has 0 bridgehead atoms. The van der Waals surface area contributed by atoms with Crippen molar-refractivity contribution in [2.45, 2.75) is 39.0 Å². The normalized spacial score (nSPS) is 14.3. The van der Waals surface area contributed by atoms with Crippen LogP contribution < -0.4 is 9.64 Å². The number of hydrogen-bond acceptors (Lipinski definition) is 3. The number of para-hydroxylation sites is 2. The van der Waals surface area contributed by atoms with Crippen LogP contribution in [0.15, 0.2) is 24.3 Å². The number of rotatable bonds is 6. The molecule has 1 aliphatic rings. The highest BCUT2D eigenvalue weighted by atomic mass is 16.5. The molecule has 98 valence electrons. The second-order valence-electron chi connectivity index (χ2n) is 4.78. The maximum Gasteiger partial charge on any atom is 0.331 e. The second kappa shape index (κ2) is 6.43. The van der Waals surface area contributed by atoms with Crippen molar-refractivity contribution < 1.29 is 9.53 Å². The zero-order chi connectivity index (χ0) is 12.8. The number of unbranched alkanes of at least 4 members (excludes halogenated alkanes) is 4. The van der Waals surface area contributed by atoms with Gasteiger partial charge < -0.3 is 9.64 Å². The molecule has 0 amide bonds. The summed E-state index contributed by atoms with van der Waals surface area (Å²) in [5, 5.41) is 0. The summed E-state index contributed by atoms with van der Waals surface area (Å²) in [5.41, 5.74) is 1.05. The van der Waals surface area contributed by atoms with Crippen LogP contribution in [0.4, 0.5) is 5.69 Å². The molecule has 0 fully saturated rings. The van der Waals surface area contributed by atoms with Crippen LogP contribution in [0.5, 0.6) is 5.75 Å². The summed E-state index contributed by atoms with van der Waals surface area (Å²) < 4.78 is 5.23. The molecule has 0 saturated heterocycles. The third-order valence-corrected chi connectivity index (χ3v) is 3.28. The first-order valence-corrected chi connectivity index (χ1v) is 6.86. The van der Waals surface area contributed by atoms with E-state index in [0.29, 0.717) is 12.3 Å². The SMILES string of the molecule is CCCCCCCN1CC(=O)Oc2ccccc21. The minimum atomic E-state index is -0.151. The van der Waals surface area contributed by atoms with Crippen molar-refractivity contribution in [3.8, 4) is 5.75 Å². The summed E-state index contributed by atoms with van der Waals surface area (Å²) in [6, 6.07) is 7.77. The predicted molar refractivity (Wildman–Crippen MR) is 73.0 cm³/mol. The third kappa shape index (κ3) is 3.25. The summed E-state index contributed by atoms with van der Waals surface area (Å²) in [7, 11) is 0. The number of fused-ring (bicyclic) bond motifs is 1. The highest BCUT2D eigenvalue weighted by molar-refractivity contribution is 5.84. The molecule has 2 rings (SSSR count). The van der Waals surface area contributed by atoms with E-state index in [2.05, 4.69) is 11.8 Å². The fourth-order valence-electron chi connectivity index (χ4n) is 2.31. The highest BCUT2D eigenvalue weighted by Crippen LogP contribution is 2.31. The molecule has 18 heavy (non-hydrogen) atoms. The van der Waals surface area contributed by atoms with Crippen LogP contribution in [0.3, 0.4) is 0 Å². The van der Waals surface area contributed by atoms with Crippen molar-refractivity contribution in [1.29, 1.82) is 0 Å². The van der Waals surface area contributed by atoms with Crippen LogP contribution in [-0.4, -0.2) is 19.1 Å². The number of esters is 1. The number of ether oxygens (including phenoxy) is 1. The minimum absolute atomic E-state index is 0.151. The van der Waals surface area contributed by atoms with Gasteiger partial charge in [0.05, 0.1) is 5.69 Å². The van der Waals surface area contributed by atoms with E-state index in [1.165, 1.54) is 25.7 Å². The summed E-state index contributed by atoms with van der Waals surface area (Å²) in [4.78, 5) is 13.6. The molecule has 0 aromatic heterocycles. The van der Waals surface area contributed by atoms with Crippen molar-refractivity contribution in [2.75, 3.05) is 18.0 Å². The van der Waals surface area contributed by atoms with Crippen LogP contribution >= 0.6 is 0 Å². The molecule has 1 aromatic rings. The lowest BCUT2D eigenvalue weighted by atomic mass is 10.1. The topological polar surface area (TPSA) is 29.5 Å². The molecular formula is C15H21NO2. The molecule has 0 unspecified atom stereocenters. The minimum Gasteiger partial charge on any atom is -0.423 e. The molecule has 0 atom stereocenters. The summed E-state index contributed by atoms with van der Waals surface area (Å²) in [6.07, 6.45) is 6.23. The van der Waals surface area contributed by atoms with E-state index in [1.807, 2.05) is 24.3 Å². The smallest absolute Gasteiger partial charge is 0.331 e. The lowest BCUT2D eigenvalue weighted by molar-refractivity contribution is -0.133. The first-order chi connectivity index (χ1) is 8.81. The van der Waals surface area contributed by atoms with Crippen molar-refractivity contribution in [3.63, 3.8) is 0 Å². The zero-order valence-corrected chi connectivity index (χ0v) is 11.0. The molecule has 0 radical (unpaired) electrons. The Hall–Kier alpha value is -1.51. The fraction of sp³-hybridized carbons (Fsp3) is 0.533. The van der Waals surface area contributed by atoms with Gasteiger partial charge in [-0.3, -0.25) is 0 Å². The molecular weight excluding hydrogens is 226 g/mol. The number of nitrogens with zero attached hydrogens (tertiary/aromatic N) is 1. The van der Waals surface area contributed by atoms with Crippen LogP contribution in [0.1, 0.15) is 39.0 Å². The molecule has 3 nitrogen and oxygen atoms in total. The molecule has 0 spiro atoms. The molecule has 0 saturated carbocycles. The van der Waals surface area contributed by atoms with Gasteiger partial charge >= 0.3 is 5.97 Å². The number of carbonyl (C=O) groups is 1. The summed E-state index contributed by atoms with van der Waals surface area (Å²) in [6.45, 7) is 3.54. The quantitative estimate of drug-likeness (QED) is 0.438. The van der Waals surface area contributed by atoms with Crippen LogP contribution in [-0.2, 0) is 4.79 Å². The van der Waals surface area contributed by atoms with Gasteiger partial charge in [0, 0.05) is 6.54 Å². The summed E-state index contributed by atoms with van der Waals surface area (Å²) >= 11 is 0. The Balaban J connectivity index is 1.90. The van der Waals surface area contributed by atoms with Gasteiger partial charge in [0.2, 0.25) is 0 Å². The maximum atomic E-state index is 11.5. The molecule has 1 heterocycles. The van der Waals surface area contributed by atoms with Crippen molar-refractivity contribution in [3.05, 3.63) is 24.3 Å². The van der Waals surface area contributed by atoms with E-state index in [1.54, 1.807) is 0 Å². The van der Waals surface area contributed by atoms with Crippen molar-refractivity contribution >= 4 is 11.7 Å². The van der Waals surface area contributed by atoms with Gasteiger partial charge in [-0.1, -0.05) is 44.7 Å². The number of anilines is 1. The largest absolute Gasteiger partial charge is 0.423 e. The standard InChI is InChI=1S/C15H21NO2/c1-2-3-4-5-8-11-16-12-15(17)18-14-10-7-6-9-13(14)16/h6-7,9-10H,2-5,8,11-12H2,1H3. The fourth-order valence-corrected chi connectivity index (χ4v) is 2.31. The maximum absolute atomic E-state index is 11.5. The Morgan fingerprint density at radius 2 is 1.94 bits per heavy atom. The molecule has 1 aliphatic heterocycles. The Morgan fingerprint density at radius 1 is 1.17 bits per heavy atom. The van der Waals surface area contributed by atoms with E-state index >= 15 is 0 Å². The van der Waals surface area contributed by atoms with Gasteiger partial charge in [-0.25, -0.2) is 4.79 Å². The molecule has 3 heteroatoms. The monoisotopic (exact) mass is 247 g/mol. The van der Waals surface area contributed by atoms with E-state index in [4.69, 9.17) is 4.74 Å². The lowest BCUT2D eigenvalue weighted by Crippen LogP contribution is -2.37. The van der Waals surface area contributed by atoms with Crippen molar-refractivity contribution in [2.24, 2.45) is 0 Å². The van der Waals surface area contributed by atoms with Gasteiger partial charge in [-0.2, -0.15) is 0 Å². The lowest BCUT2D eigenvalue weighted by Gasteiger charge is -2.29. The van der Waals surface area contributed by atoms with Crippen LogP contribution in [0.25, 0.3) is 0 Å². The van der Waals surface area contributed by atoms with E-state index in [0.717, 1.165) is 18.7 Å². The van der Waals surface area contributed by atoms with Crippen LogP contribution in [0.2, 0.25) is 0 Å². The number of benzene rings is 1. The van der Waals surface area contributed by atoms with Gasteiger partial charge in [0.15, 0.2) is 5.75 Å². The van der Waals surface area contributed by atoms with E-state index in [9.17, 15) is 4.79 Å². The number of carbonyl (C=O) groups excluding carboxylic acids is 1. The van der Waals surface area contributed by atoms with Gasteiger partial charge in [0.1, 0.15) is 6.54 Å². The predicted octanol–water partition coefficient (Wildman–Crippen LogP) is 3.38. The Bertz CT molecular complexity index is 403. The van der Waals surface area contributed by atoms with Gasteiger partial charge in [-0.15, -0.1) is 0 Å². The Morgan fingerprint density at radius 3 is 2.78 bits per heavy atom. The Kier molecular flexibility index (Phi) is 4.62. The average molecular weight is 247 g/mol. The first kappa shape index (κ1) is 12.9. The van der Waals surface area contributed by atoms with Gasteiger partial charge in [-0.05, 0) is 18.6 Å². The van der Waals surface area contributed by atoms with E-state index in [-0.39, 0.29) is 5.97 Å². The first-order valence-electron chi connectivity index (χ1n) is 6.86. The summed E-state index contributed by atoms with van der Waals surface area (Å²) in [5.74, 6) is 0.546. The molecule has 0 N–H and O–H groups in total. The van der Waals surface area contributed by atoms with Crippen molar-refractivity contribution in [1.82, 2.24) is 0 Å². The molecule has 0 aliphatic carbocycles. The van der Waals surface area contributed by atoms with E-state index < -0.39 is 0 Å². The second-order valence-corrected chi connectivity index (χ2v) is 4.78. The zero-order valence-electron chi connectivity index (χ0n) is 11.0. The van der Waals surface area contributed by atoms with Crippen LogP contribution in [0, 0.1) is 0 Å².